The highest BCUT2D eigenvalue weighted by atomic mass is 32.1. The topological polar surface area (TPSA) is 102 Å². The summed E-state index contributed by atoms with van der Waals surface area (Å²) < 4.78 is 4.98. The van der Waals surface area contributed by atoms with Gasteiger partial charge in [-0.3, -0.25) is 14.4 Å². The maximum absolute atomic E-state index is 12.5. The van der Waals surface area contributed by atoms with E-state index in [-0.39, 0.29) is 35.4 Å². The molecule has 0 radical (unpaired) electrons. The highest BCUT2D eigenvalue weighted by Crippen LogP contribution is 2.19. The van der Waals surface area contributed by atoms with Crippen LogP contribution in [0.5, 0.6) is 0 Å². The predicted molar refractivity (Wildman–Crippen MR) is 101 cm³/mol. The van der Waals surface area contributed by atoms with Crippen LogP contribution in [0.15, 0.2) is 41.8 Å². The fraction of sp³-hybridized carbons (Fsp3) is 0.263. The number of benzene rings is 1. The Labute approximate surface area is 160 Å². The molecule has 0 unspecified atom stereocenters. The molecule has 1 aromatic carbocycles. The second-order valence-corrected chi connectivity index (χ2v) is 6.87. The molecule has 0 saturated heterocycles. The highest BCUT2D eigenvalue weighted by molar-refractivity contribution is 7.12. The van der Waals surface area contributed by atoms with E-state index in [0.717, 1.165) is 0 Å². The first-order valence-electron chi connectivity index (χ1n) is 8.29. The van der Waals surface area contributed by atoms with Crippen molar-refractivity contribution in [1.29, 1.82) is 0 Å². The van der Waals surface area contributed by atoms with Gasteiger partial charge in [-0.1, -0.05) is 24.3 Å². The molecule has 0 aliphatic carbocycles. The Kier molecular flexibility index (Phi) is 7.25. The summed E-state index contributed by atoms with van der Waals surface area (Å²) in [5, 5.41) is 6.76. The van der Waals surface area contributed by atoms with Crippen molar-refractivity contribution < 1.29 is 23.9 Å². The molecule has 7 nitrogen and oxygen atoms in total. The maximum Gasteiger partial charge on any atom is 0.339 e. The maximum atomic E-state index is 12.5. The van der Waals surface area contributed by atoms with Crippen LogP contribution < -0.4 is 10.6 Å². The van der Waals surface area contributed by atoms with Gasteiger partial charge < -0.3 is 15.4 Å². The molecular formula is C19H20N2O5S. The van der Waals surface area contributed by atoms with Crippen molar-refractivity contribution in [3.05, 3.63) is 57.8 Å². The Morgan fingerprint density at radius 1 is 1.00 bits per heavy atom. The van der Waals surface area contributed by atoms with E-state index in [1.54, 1.807) is 43.5 Å². The number of ketones is 1. The molecule has 142 valence electrons. The lowest BCUT2D eigenvalue weighted by molar-refractivity contribution is -0.128. The van der Waals surface area contributed by atoms with Gasteiger partial charge in [0.1, 0.15) is 0 Å². The summed E-state index contributed by atoms with van der Waals surface area (Å²) >= 11 is 1.27. The van der Waals surface area contributed by atoms with Gasteiger partial charge in [-0.2, -0.15) is 0 Å². The Bertz CT molecular complexity index is 830. The lowest BCUT2D eigenvalue weighted by Crippen LogP contribution is -2.41. The van der Waals surface area contributed by atoms with Gasteiger partial charge in [0.15, 0.2) is 6.61 Å². The van der Waals surface area contributed by atoms with Crippen LogP contribution in [0.3, 0.4) is 0 Å². The lowest BCUT2D eigenvalue weighted by atomic mass is 10.0. The average Bonchev–Trinajstić information content (AvgIpc) is 3.18. The first-order valence-corrected chi connectivity index (χ1v) is 9.17. The summed E-state index contributed by atoms with van der Waals surface area (Å²) in [4.78, 5) is 48.5. The molecule has 1 aromatic heterocycles. The molecule has 0 saturated carbocycles. The number of amides is 2. The molecule has 0 bridgehead atoms. The molecule has 2 amide bonds. The fourth-order valence-corrected chi connectivity index (χ4v) is 2.89. The molecule has 0 fully saturated rings. The molecule has 1 heterocycles. The Balaban J connectivity index is 1.94. The van der Waals surface area contributed by atoms with E-state index < -0.39 is 18.5 Å². The summed E-state index contributed by atoms with van der Waals surface area (Å²) in [7, 11) is 0. The van der Waals surface area contributed by atoms with Crippen molar-refractivity contribution >= 4 is 34.9 Å². The molecule has 27 heavy (non-hydrogen) atoms. The van der Waals surface area contributed by atoms with Crippen LogP contribution >= 0.6 is 11.3 Å². The van der Waals surface area contributed by atoms with Crippen LogP contribution in [-0.2, 0) is 14.3 Å². The minimum atomic E-state index is -0.780. The number of thiophene rings is 1. The molecule has 2 N–H and O–H groups in total. The van der Waals surface area contributed by atoms with Gasteiger partial charge in [-0.05, 0) is 31.4 Å². The smallest absolute Gasteiger partial charge is 0.339 e. The zero-order valence-electron chi connectivity index (χ0n) is 15.0. The number of carbonyl (C=O) groups is 4. The van der Waals surface area contributed by atoms with Crippen molar-refractivity contribution in [3.8, 4) is 0 Å². The van der Waals surface area contributed by atoms with Gasteiger partial charge in [0.2, 0.25) is 11.7 Å². The largest absolute Gasteiger partial charge is 0.452 e. The predicted octanol–water partition coefficient (Wildman–Crippen LogP) is 1.78. The van der Waals surface area contributed by atoms with Crippen LogP contribution in [0, 0.1) is 0 Å². The standard InChI is InChI=1S/C19H20N2O5S/c1-12(2)21-16(22)10-20-17(23)11-26-19(25)14-7-4-3-6-13(14)18(24)15-8-5-9-27-15/h3-9,12H,10-11H2,1-2H3,(H,20,23)(H,21,22). The number of carbonyl (C=O) groups excluding carboxylic acids is 4. The summed E-state index contributed by atoms with van der Waals surface area (Å²) in [6, 6.07) is 9.65. The molecule has 2 aromatic rings. The number of hydrogen-bond donors (Lipinski definition) is 2. The molecule has 0 atom stereocenters. The summed E-state index contributed by atoms with van der Waals surface area (Å²) in [5.41, 5.74) is 0.294. The number of rotatable bonds is 8. The minimum absolute atomic E-state index is 0.0374. The third kappa shape index (κ3) is 6.03. The van der Waals surface area contributed by atoms with E-state index >= 15 is 0 Å². The van der Waals surface area contributed by atoms with Gasteiger partial charge in [0.25, 0.3) is 5.91 Å². The molecule has 0 aliphatic rings. The van der Waals surface area contributed by atoms with Gasteiger partial charge in [0.05, 0.1) is 17.0 Å². The number of ether oxygens (including phenoxy) is 1. The number of nitrogens with one attached hydrogen (secondary N) is 2. The van der Waals surface area contributed by atoms with E-state index in [9.17, 15) is 19.2 Å². The monoisotopic (exact) mass is 388 g/mol. The normalized spacial score (nSPS) is 10.3. The first-order chi connectivity index (χ1) is 12.9. The minimum Gasteiger partial charge on any atom is -0.452 e. The summed E-state index contributed by atoms with van der Waals surface area (Å²) in [6.07, 6.45) is 0. The van der Waals surface area contributed by atoms with E-state index in [1.807, 2.05) is 0 Å². The zero-order valence-corrected chi connectivity index (χ0v) is 15.8. The van der Waals surface area contributed by atoms with E-state index in [0.29, 0.717) is 4.88 Å². The lowest BCUT2D eigenvalue weighted by Gasteiger charge is -2.10. The average molecular weight is 388 g/mol. The molecule has 0 aliphatic heterocycles. The van der Waals surface area contributed by atoms with Crippen molar-refractivity contribution in [3.63, 3.8) is 0 Å². The van der Waals surface area contributed by atoms with Gasteiger partial charge >= 0.3 is 5.97 Å². The summed E-state index contributed by atoms with van der Waals surface area (Å²) in [6.45, 7) is 2.85. The number of hydrogen-bond acceptors (Lipinski definition) is 6. The zero-order chi connectivity index (χ0) is 19.8. The molecule has 8 heteroatoms. The van der Waals surface area contributed by atoms with Crippen molar-refractivity contribution in [2.24, 2.45) is 0 Å². The van der Waals surface area contributed by atoms with Crippen molar-refractivity contribution in [2.75, 3.05) is 13.2 Å². The van der Waals surface area contributed by atoms with E-state index in [4.69, 9.17) is 4.74 Å². The third-order valence-corrected chi connectivity index (χ3v) is 4.24. The second kappa shape index (κ2) is 9.63. The van der Waals surface area contributed by atoms with Gasteiger partial charge in [-0.25, -0.2) is 4.79 Å². The Hall–Kier alpha value is -3.00. The van der Waals surface area contributed by atoms with Crippen LogP contribution in [0.1, 0.15) is 39.4 Å². The number of esters is 1. The molecular weight excluding hydrogens is 368 g/mol. The van der Waals surface area contributed by atoms with Crippen LogP contribution in [0.25, 0.3) is 0 Å². The van der Waals surface area contributed by atoms with Gasteiger partial charge in [0, 0.05) is 11.6 Å². The van der Waals surface area contributed by atoms with Crippen LogP contribution in [-0.4, -0.2) is 42.8 Å². The Morgan fingerprint density at radius 2 is 1.70 bits per heavy atom. The van der Waals surface area contributed by atoms with Crippen molar-refractivity contribution in [1.82, 2.24) is 10.6 Å². The highest BCUT2D eigenvalue weighted by Gasteiger charge is 2.20. The quantitative estimate of drug-likeness (QED) is 0.530. The van der Waals surface area contributed by atoms with E-state index in [1.165, 1.54) is 23.5 Å². The third-order valence-electron chi connectivity index (χ3n) is 3.37. The molecule has 0 spiro atoms. The van der Waals surface area contributed by atoms with Crippen LogP contribution in [0.2, 0.25) is 0 Å². The van der Waals surface area contributed by atoms with Crippen molar-refractivity contribution in [2.45, 2.75) is 19.9 Å². The van der Waals surface area contributed by atoms with E-state index in [2.05, 4.69) is 10.6 Å². The SMILES string of the molecule is CC(C)NC(=O)CNC(=O)COC(=O)c1ccccc1C(=O)c1cccs1. The first kappa shape index (κ1) is 20.3. The molecule has 2 rings (SSSR count). The fourth-order valence-electron chi connectivity index (χ4n) is 2.21. The summed E-state index contributed by atoms with van der Waals surface area (Å²) in [5.74, 6) is -2.01. The second-order valence-electron chi connectivity index (χ2n) is 5.93. The Morgan fingerprint density at radius 3 is 2.33 bits per heavy atom. The van der Waals surface area contributed by atoms with Crippen LogP contribution in [0.4, 0.5) is 0 Å². The van der Waals surface area contributed by atoms with Gasteiger partial charge in [-0.15, -0.1) is 11.3 Å².